The van der Waals surface area contributed by atoms with Gasteiger partial charge in [-0.15, -0.1) is 11.8 Å². The molecule has 0 aliphatic carbocycles. The van der Waals surface area contributed by atoms with Gasteiger partial charge in [0.2, 0.25) is 0 Å². The highest BCUT2D eigenvalue weighted by Gasteiger charge is 2.18. The van der Waals surface area contributed by atoms with Gasteiger partial charge in [-0.05, 0) is 25.0 Å². The van der Waals surface area contributed by atoms with Crippen molar-refractivity contribution in [3.05, 3.63) is 0 Å². The van der Waals surface area contributed by atoms with E-state index in [4.69, 9.17) is 4.74 Å². The molecule has 1 unspecified atom stereocenters. The average Bonchev–Trinajstić information content (AvgIpc) is 2.53. The largest absolute Gasteiger partial charge is 0.451 e. The number of ether oxygens (including phenoxy) is 1. The lowest BCUT2D eigenvalue weighted by Crippen LogP contribution is -2.11. The molecule has 1 aliphatic rings. The van der Waals surface area contributed by atoms with Crippen LogP contribution in [0.15, 0.2) is 0 Å². The van der Waals surface area contributed by atoms with E-state index in [1.165, 1.54) is 6.42 Å². The molecular formula is C9H16O2S. The molecule has 0 bridgehead atoms. The smallest absolute Gasteiger partial charge is 0.306 e. The van der Waals surface area contributed by atoms with Gasteiger partial charge in [-0.25, -0.2) is 0 Å². The van der Waals surface area contributed by atoms with Crippen molar-refractivity contribution in [3.63, 3.8) is 0 Å². The molecule has 2 nitrogen and oxygen atoms in total. The number of hydrogen-bond donors (Lipinski definition) is 0. The third-order valence-electron chi connectivity index (χ3n) is 1.89. The molecule has 70 valence electrons. The van der Waals surface area contributed by atoms with E-state index in [1.54, 1.807) is 11.8 Å². The van der Waals surface area contributed by atoms with Crippen molar-refractivity contribution in [2.24, 2.45) is 0 Å². The van der Waals surface area contributed by atoms with Gasteiger partial charge >= 0.3 is 5.97 Å². The normalized spacial score (nSPS) is 22.6. The first kappa shape index (κ1) is 9.90. The van der Waals surface area contributed by atoms with Gasteiger partial charge in [0.25, 0.3) is 0 Å². The molecule has 1 fully saturated rings. The summed E-state index contributed by atoms with van der Waals surface area (Å²) in [5.41, 5.74) is 0.161. The van der Waals surface area contributed by atoms with Crippen molar-refractivity contribution >= 4 is 17.7 Å². The van der Waals surface area contributed by atoms with E-state index in [0.29, 0.717) is 6.42 Å². The molecule has 0 aromatic heterocycles. The van der Waals surface area contributed by atoms with Crippen LogP contribution < -0.4 is 0 Å². The SMILES string of the molecule is CCCCC(=O)OC1CCCS1. The predicted octanol–water partition coefficient (Wildman–Crippen LogP) is 2.57. The fourth-order valence-corrected chi connectivity index (χ4v) is 2.27. The van der Waals surface area contributed by atoms with Crippen LogP contribution >= 0.6 is 11.8 Å². The third kappa shape index (κ3) is 3.48. The van der Waals surface area contributed by atoms with E-state index >= 15 is 0 Å². The van der Waals surface area contributed by atoms with Gasteiger partial charge in [-0.1, -0.05) is 13.3 Å². The molecule has 1 rings (SSSR count). The van der Waals surface area contributed by atoms with Crippen LogP contribution in [0.5, 0.6) is 0 Å². The van der Waals surface area contributed by atoms with Crippen molar-refractivity contribution in [1.82, 2.24) is 0 Å². The summed E-state index contributed by atoms with van der Waals surface area (Å²) >= 11 is 1.76. The number of carbonyl (C=O) groups excluding carboxylic acids is 1. The van der Waals surface area contributed by atoms with Crippen LogP contribution in [0.4, 0.5) is 0 Å². The van der Waals surface area contributed by atoms with Crippen LogP contribution in [0.2, 0.25) is 0 Å². The number of unbranched alkanes of at least 4 members (excludes halogenated alkanes) is 1. The van der Waals surface area contributed by atoms with E-state index in [0.717, 1.165) is 25.0 Å². The highest BCUT2D eigenvalue weighted by Crippen LogP contribution is 2.27. The van der Waals surface area contributed by atoms with E-state index in [2.05, 4.69) is 6.92 Å². The molecule has 1 aliphatic heterocycles. The van der Waals surface area contributed by atoms with Gasteiger partial charge in [0.1, 0.15) is 5.44 Å². The van der Waals surface area contributed by atoms with Crippen molar-refractivity contribution < 1.29 is 9.53 Å². The zero-order valence-electron chi connectivity index (χ0n) is 7.54. The second kappa shape index (κ2) is 5.46. The summed E-state index contributed by atoms with van der Waals surface area (Å²) in [4.78, 5) is 11.1. The van der Waals surface area contributed by atoms with Gasteiger partial charge in [-0.2, -0.15) is 0 Å². The van der Waals surface area contributed by atoms with Gasteiger partial charge in [0.15, 0.2) is 0 Å². The molecular weight excluding hydrogens is 172 g/mol. The summed E-state index contributed by atoms with van der Waals surface area (Å²) < 4.78 is 5.24. The molecule has 0 amide bonds. The zero-order chi connectivity index (χ0) is 8.81. The van der Waals surface area contributed by atoms with Crippen LogP contribution in [0, 0.1) is 0 Å². The summed E-state index contributed by atoms with van der Waals surface area (Å²) in [7, 11) is 0. The number of thioether (sulfide) groups is 1. The van der Waals surface area contributed by atoms with Crippen molar-refractivity contribution in [3.8, 4) is 0 Å². The van der Waals surface area contributed by atoms with E-state index in [1.807, 2.05) is 0 Å². The number of carbonyl (C=O) groups is 1. The fourth-order valence-electron chi connectivity index (χ4n) is 1.17. The van der Waals surface area contributed by atoms with Crippen molar-refractivity contribution in [2.75, 3.05) is 5.75 Å². The molecule has 3 heteroatoms. The zero-order valence-corrected chi connectivity index (χ0v) is 8.36. The Kier molecular flexibility index (Phi) is 4.51. The van der Waals surface area contributed by atoms with Crippen LogP contribution in [0.1, 0.15) is 39.0 Å². The van der Waals surface area contributed by atoms with Gasteiger partial charge in [0.05, 0.1) is 0 Å². The third-order valence-corrected chi connectivity index (χ3v) is 3.11. The second-order valence-corrected chi connectivity index (χ2v) is 4.30. The maximum absolute atomic E-state index is 11.1. The minimum Gasteiger partial charge on any atom is -0.451 e. The number of hydrogen-bond acceptors (Lipinski definition) is 3. The molecule has 1 saturated heterocycles. The lowest BCUT2D eigenvalue weighted by atomic mass is 10.2. The van der Waals surface area contributed by atoms with Crippen LogP contribution in [-0.4, -0.2) is 17.2 Å². The minimum atomic E-state index is -0.0174. The van der Waals surface area contributed by atoms with Gasteiger partial charge < -0.3 is 4.74 Å². The highest BCUT2D eigenvalue weighted by molar-refractivity contribution is 8.00. The van der Waals surface area contributed by atoms with Crippen molar-refractivity contribution in [1.29, 1.82) is 0 Å². The molecule has 0 aromatic carbocycles. The quantitative estimate of drug-likeness (QED) is 0.634. The summed E-state index contributed by atoms with van der Waals surface area (Å²) in [6, 6.07) is 0. The van der Waals surface area contributed by atoms with E-state index in [9.17, 15) is 4.79 Å². The Morgan fingerprint density at radius 1 is 1.67 bits per heavy atom. The Morgan fingerprint density at radius 3 is 3.08 bits per heavy atom. The maximum Gasteiger partial charge on any atom is 0.306 e. The summed E-state index contributed by atoms with van der Waals surface area (Å²) in [6.45, 7) is 2.08. The van der Waals surface area contributed by atoms with Gasteiger partial charge in [0, 0.05) is 6.42 Å². The summed E-state index contributed by atoms with van der Waals surface area (Å²) in [5.74, 6) is 1.13. The second-order valence-electron chi connectivity index (χ2n) is 3.04. The summed E-state index contributed by atoms with van der Waals surface area (Å²) in [5, 5.41) is 0. The molecule has 0 aromatic rings. The molecule has 1 heterocycles. The Balaban J connectivity index is 2.08. The lowest BCUT2D eigenvalue weighted by molar-refractivity contribution is -0.145. The molecule has 12 heavy (non-hydrogen) atoms. The molecule has 0 radical (unpaired) electrons. The Hall–Kier alpha value is -0.180. The van der Waals surface area contributed by atoms with Crippen LogP contribution in [-0.2, 0) is 9.53 Å². The highest BCUT2D eigenvalue weighted by atomic mass is 32.2. The van der Waals surface area contributed by atoms with Crippen LogP contribution in [0.3, 0.4) is 0 Å². The molecule has 0 N–H and O–H groups in total. The number of rotatable bonds is 4. The summed E-state index contributed by atoms with van der Waals surface area (Å²) in [6.07, 6.45) is 4.84. The lowest BCUT2D eigenvalue weighted by Gasteiger charge is -2.09. The average molecular weight is 188 g/mol. The van der Waals surface area contributed by atoms with E-state index < -0.39 is 0 Å². The standard InChI is InChI=1S/C9H16O2S/c1-2-3-5-8(10)11-9-6-4-7-12-9/h9H,2-7H2,1H3. The monoisotopic (exact) mass is 188 g/mol. The van der Waals surface area contributed by atoms with Gasteiger partial charge in [-0.3, -0.25) is 4.79 Å². The number of esters is 1. The fraction of sp³-hybridized carbons (Fsp3) is 0.889. The predicted molar refractivity (Wildman–Crippen MR) is 51.1 cm³/mol. The molecule has 1 atom stereocenters. The Morgan fingerprint density at radius 2 is 2.50 bits per heavy atom. The topological polar surface area (TPSA) is 26.3 Å². The Bertz CT molecular complexity index is 141. The van der Waals surface area contributed by atoms with E-state index in [-0.39, 0.29) is 11.4 Å². The minimum absolute atomic E-state index is 0.0174. The molecule has 0 spiro atoms. The first-order chi connectivity index (χ1) is 5.83. The molecule has 0 saturated carbocycles. The maximum atomic E-state index is 11.1. The van der Waals surface area contributed by atoms with Crippen LogP contribution in [0.25, 0.3) is 0 Å². The Labute approximate surface area is 78.1 Å². The first-order valence-electron chi connectivity index (χ1n) is 4.64. The first-order valence-corrected chi connectivity index (χ1v) is 5.69. The van der Waals surface area contributed by atoms with Crippen molar-refractivity contribution in [2.45, 2.75) is 44.5 Å².